The fourth-order valence-corrected chi connectivity index (χ4v) is 16.8. The summed E-state index contributed by atoms with van der Waals surface area (Å²) in [5.74, 6) is -0.673. The van der Waals surface area contributed by atoms with Crippen LogP contribution >= 0.6 is 0 Å². The number of hydroxylamine groups is 9. The summed E-state index contributed by atoms with van der Waals surface area (Å²) >= 11 is 0. The lowest BCUT2D eigenvalue weighted by molar-refractivity contribution is -0.217. The molecule has 1 aliphatic heterocycles. The second kappa shape index (κ2) is 49.3. The number of hydrogen-bond acceptors (Lipinski definition) is 21. The SMILES string of the molecule is CC(C)(C)CC(=O)C(C)(C)N(O)C(C)(C)C.CC(c1ccccc1)N(O)C1(C)CCCCC1.CC(c1ccccc1)N(O)c1ccccc1.CC1(N(O)c2ccccc2)CCCCC1.COC(=O)C(C)(C)N(O)c1ccc(C(=O)c2ccccc2)cc1.Cc1ccc(OC(=O)C(C)(C)N(O)c2ccccc2)cc1.ON1c2ccccc2C(=Nc2ccccc2)C1(c1ccccc1)c1ccccc1. The van der Waals surface area contributed by atoms with Crippen LogP contribution < -0.4 is 30.1 Å². The highest BCUT2D eigenvalue weighted by atomic mass is 16.6. The molecule has 1 heterocycles. The van der Waals surface area contributed by atoms with Crippen molar-refractivity contribution < 1.29 is 65.1 Å². The van der Waals surface area contributed by atoms with Gasteiger partial charge in [-0.2, -0.15) is 10.1 Å². The number of esters is 2. The number of methoxy groups -OCH3 is 1. The smallest absolute Gasteiger partial charge is 0.339 e. The molecule has 21 heteroatoms. The molecule has 7 N–H and O–H groups in total. The molecule has 0 amide bonds. The van der Waals surface area contributed by atoms with E-state index in [1.165, 1.54) is 66.4 Å². The number of aliphatic imine (C=N–C) groups is 1. The lowest BCUT2D eigenvalue weighted by Crippen LogP contribution is -2.56. The van der Waals surface area contributed by atoms with Gasteiger partial charge in [-0.05, 0) is 241 Å². The molecular weight excluding hydrogens is 1710 g/mol. The molecule has 0 radical (unpaired) electrons. The number of benzene rings is 12. The van der Waals surface area contributed by atoms with Gasteiger partial charge in [-0.3, -0.25) is 40.7 Å². The second-order valence-electron chi connectivity index (χ2n) is 39.2. The number of Topliss-reactive ketones (excluding diaryl/α,β-unsaturated/α-hetero) is 1. The third kappa shape index (κ3) is 28.7. The minimum atomic E-state index is -1.24. The van der Waals surface area contributed by atoms with Crippen LogP contribution in [0.25, 0.3) is 0 Å². The van der Waals surface area contributed by atoms with Crippen LogP contribution in [0.2, 0.25) is 0 Å². The van der Waals surface area contributed by atoms with E-state index in [9.17, 15) is 55.6 Å². The summed E-state index contributed by atoms with van der Waals surface area (Å²) in [7, 11) is 1.26. The summed E-state index contributed by atoms with van der Waals surface area (Å²) in [5.41, 5.74) is 7.51. The molecule has 2 saturated carbocycles. The zero-order valence-electron chi connectivity index (χ0n) is 83.0. The van der Waals surface area contributed by atoms with Crippen LogP contribution in [0.1, 0.15) is 243 Å². The summed E-state index contributed by atoms with van der Waals surface area (Å²) in [4.78, 5) is 53.6. The van der Waals surface area contributed by atoms with E-state index in [1.807, 2.05) is 304 Å². The number of ether oxygens (including phenoxy) is 2. The normalized spacial score (nSPS) is 14.9. The number of aryl methyl sites for hydroxylation is 1. The van der Waals surface area contributed by atoms with E-state index in [1.54, 1.807) is 132 Å². The number of rotatable bonds is 23. The van der Waals surface area contributed by atoms with Crippen LogP contribution in [0.5, 0.6) is 5.75 Å². The van der Waals surface area contributed by atoms with Gasteiger partial charge in [0, 0.05) is 34.2 Å². The van der Waals surface area contributed by atoms with Gasteiger partial charge in [-0.1, -0.05) is 320 Å². The summed E-state index contributed by atoms with van der Waals surface area (Å²) in [6.07, 6.45) is 12.3. The zero-order valence-corrected chi connectivity index (χ0v) is 83.0. The number of fused-ring (bicyclic) bond motifs is 1. The fourth-order valence-electron chi connectivity index (χ4n) is 16.8. The maximum absolute atomic E-state index is 12.3. The molecule has 2 unspecified atom stereocenters. The number of carbonyl (C=O) groups is 4. The van der Waals surface area contributed by atoms with E-state index in [2.05, 4.69) is 37.6 Å². The minimum Gasteiger partial charge on any atom is -0.467 e. The molecule has 0 spiro atoms. The number of hydrogen-bond donors (Lipinski definition) is 7. The molecule has 0 bridgehead atoms. The Bertz CT molecular complexity index is 5610. The zero-order chi connectivity index (χ0) is 99.9. The first-order chi connectivity index (χ1) is 65.0. The molecule has 12 aromatic carbocycles. The van der Waals surface area contributed by atoms with Gasteiger partial charge in [-0.25, -0.2) is 34.8 Å². The molecule has 0 aromatic heterocycles. The number of anilines is 5. The summed E-state index contributed by atoms with van der Waals surface area (Å²) in [6.45, 7) is 31.9. The first-order valence-electron chi connectivity index (χ1n) is 47.2. The maximum atomic E-state index is 12.3. The van der Waals surface area contributed by atoms with Crippen molar-refractivity contribution in [3.63, 3.8) is 0 Å². The molecule has 12 aromatic rings. The Morgan fingerprint density at radius 1 is 0.409 bits per heavy atom. The first kappa shape index (κ1) is 108. The molecular formula is C116H142N8O13. The van der Waals surface area contributed by atoms with Gasteiger partial charge in [0.1, 0.15) is 5.75 Å². The highest BCUT2D eigenvalue weighted by molar-refractivity contribution is 6.20. The first-order valence-corrected chi connectivity index (χ1v) is 47.2. The van der Waals surface area contributed by atoms with Gasteiger partial charge in [0.05, 0.1) is 70.1 Å². The predicted octanol–water partition coefficient (Wildman–Crippen LogP) is 27.3. The van der Waals surface area contributed by atoms with Gasteiger partial charge in [0.25, 0.3) is 0 Å². The Labute approximate surface area is 811 Å². The third-order valence-electron chi connectivity index (χ3n) is 25.1. The highest BCUT2D eigenvalue weighted by Gasteiger charge is 2.53. The highest BCUT2D eigenvalue weighted by Crippen LogP contribution is 2.50. The van der Waals surface area contributed by atoms with Crippen LogP contribution in [0.15, 0.2) is 351 Å². The van der Waals surface area contributed by atoms with Gasteiger partial charge >= 0.3 is 11.9 Å². The fraction of sp³-hybridized carbons (Fsp3) is 0.336. The van der Waals surface area contributed by atoms with E-state index < -0.39 is 39.6 Å². The van der Waals surface area contributed by atoms with Crippen molar-refractivity contribution in [2.75, 3.05) is 32.4 Å². The maximum Gasteiger partial charge on any atom is 0.339 e. The van der Waals surface area contributed by atoms with E-state index >= 15 is 0 Å². The number of para-hydroxylation sites is 5. The Morgan fingerprint density at radius 2 is 0.781 bits per heavy atom. The lowest BCUT2D eigenvalue weighted by atomic mass is 9.78. The molecule has 2 atom stereocenters. The van der Waals surface area contributed by atoms with Gasteiger partial charge < -0.3 is 19.9 Å². The quantitative estimate of drug-likeness (QED) is 0.0136. The average molecular weight is 1860 g/mol. The molecule has 21 nitrogen and oxygen atoms in total. The Morgan fingerprint density at radius 3 is 1.23 bits per heavy atom. The van der Waals surface area contributed by atoms with Gasteiger partial charge in [0.2, 0.25) is 0 Å². The lowest BCUT2D eigenvalue weighted by Gasteiger charge is -2.43. The van der Waals surface area contributed by atoms with E-state index in [-0.39, 0.29) is 40.1 Å². The predicted molar refractivity (Wildman–Crippen MR) is 550 cm³/mol. The van der Waals surface area contributed by atoms with Crippen molar-refractivity contribution in [2.24, 2.45) is 10.4 Å². The van der Waals surface area contributed by atoms with Crippen molar-refractivity contribution in [2.45, 2.75) is 239 Å². The molecule has 2 aliphatic carbocycles. The number of nitrogens with zero attached hydrogens (tertiary/aromatic N) is 8. The minimum absolute atomic E-state index is 0.0481. The topological polar surface area (TPSA) is 263 Å². The third-order valence-corrected chi connectivity index (χ3v) is 25.1. The van der Waals surface area contributed by atoms with Crippen molar-refractivity contribution in [1.82, 2.24) is 10.1 Å². The van der Waals surface area contributed by atoms with Crippen LogP contribution in [0.4, 0.5) is 34.1 Å². The average Bonchev–Trinajstić information content (AvgIpc) is 1.55. The summed E-state index contributed by atoms with van der Waals surface area (Å²) in [6, 6.07) is 109. The summed E-state index contributed by atoms with van der Waals surface area (Å²) in [5, 5.41) is 81.6. The largest absolute Gasteiger partial charge is 0.467 e. The van der Waals surface area contributed by atoms with Crippen molar-refractivity contribution in [3.05, 3.63) is 390 Å². The van der Waals surface area contributed by atoms with Crippen molar-refractivity contribution >= 4 is 63.3 Å². The van der Waals surface area contributed by atoms with Crippen molar-refractivity contribution in [1.29, 1.82) is 0 Å². The molecule has 2 fully saturated rings. The van der Waals surface area contributed by atoms with Crippen LogP contribution in [-0.2, 0) is 24.7 Å². The second-order valence-corrected chi connectivity index (χ2v) is 39.2. The van der Waals surface area contributed by atoms with E-state index in [0.29, 0.717) is 34.7 Å². The van der Waals surface area contributed by atoms with Gasteiger partial charge in [0.15, 0.2) is 28.2 Å². The Kier molecular flexibility index (Phi) is 38.8. The van der Waals surface area contributed by atoms with Crippen molar-refractivity contribution in [3.8, 4) is 5.75 Å². The molecule has 724 valence electrons. The van der Waals surface area contributed by atoms with E-state index in [0.717, 1.165) is 97.2 Å². The number of carbonyl (C=O) groups excluding carboxylic acids is 4. The van der Waals surface area contributed by atoms with Gasteiger partial charge in [-0.15, -0.1) is 0 Å². The van der Waals surface area contributed by atoms with Crippen LogP contribution in [0, 0.1) is 12.3 Å². The molecule has 3 aliphatic rings. The monoisotopic (exact) mass is 1860 g/mol. The standard InChI is InChI=1S/C26H20N2O.C18H19NO4.C17H19NO3.C15H23NO.C14H15NO.C13H27NO2.C13H19NO/c29-28-24-19-11-10-18-23(24)25(27-22-16-8-3-9-17-22)26(28,20-12-4-1-5-13-20)21-14-6-2-7-15-21;1-18(2,17(21)23-3)19(22)15-11-9-14(10-12-15)16(20)13-7-5-4-6-8-13;1-13-9-11-15(12-10-13)21-16(19)17(2,3)18(20)14-7-5-4-6-8-14;1-13(14-9-5-3-6-10-14)16(17)15(2)11-7-4-8-12-15;1-12(13-8-4-2-5-9-13)15(16)14-10-6-3-7-11-14;1-11(2,3)9-10(15)13(7,8)14(16)12(4,5)6;1-13(10-6-3-7-11-13)14(15)12-8-4-2-5-9-12/h1-19,29H;4-12,22H,1-3H3;4-12,20H,1-3H3;3,5-6,9-10,13,17H,4,7-8,11-12H2,1-2H3;2-12,16H,1H3;16H,9H2,1-8H3;2,4-5,8-9,15H,3,6-7,10-11H2,1H3. The molecule has 15 rings (SSSR count). The molecule has 137 heavy (non-hydrogen) atoms. The Balaban J connectivity index is 0.000000181. The van der Waals surface area contributed by atoms with Crippen LogP contribution in [-0.4, -0.2) is 116 Å². The van der Waals surface area contributed by atoms with E-state index in [4.69, 9.17) is 9.73 Å². The van der Waals surface area contributed by atoms with Crippen LogP contribution in [0.3, 0.4) is 0 Å². The number of ketones is 2. The Hall–Kier alpha value is -12.8. The molecule has 0 saturated heterocycles. The summed E-state index contributed by atoms with van der Waals surface area (Å²) < 4.78 is 10.0.